The molecular weight excluding hydrogens is 252 g/mol. The van der Waals surface area contributed by atoms with E-state index in [0.29, 0.717) is 24.3 Å². The molecule has 0 radical (unpaired) electrons. The fraction of sp³-hybridized carbons (Fsp3) is 0.625. The van der Waals surface area contributed by atoms with Gasteiger partial charge in [-0.3, -0.25) is 4.90 Å². The highest BCUT2D eigenvalue weighted by molar-refractivity contribution is 5.45. The Balaban J connectivity index is 2.07. The van der Waals surface area contributed by atoms with Gasteiger partial charge in [-0.1, -0.05) is 18.6 Å². The van der Waals surface area contributed by atoms with Crippen LogP contribution in [0.25, 0.3) is 0 Å². The second-order valence-corrected chi connectivity index (χ2v) is 5.61. The van der Waals surface area contributed by atoms with E-state index in [9.17, 15) is 5.11 Å². The number of hydrogen-bond donors (Lipinski definition) is 2. The lowest BCUT2D eigenvalue weighted by molar-refractivity contribution is 0.190. The van der Waals surface area contributed by atoms with E-state index >= 15 is 0 Å². The molecule has 1 aliphatic carbocycles. The molecule has 2 unspecified atom stereocenters. The van der Waals surface area contributed by atoms with Crippen LogP contribution in [0.4, 0.5) is 0 Å². The summed E-state index contributed by atoms with van der Waals surface area (Å²) in [5.41, 5.74) is 6.77. The molecular formula is C16H26N2O2. The summed E-state index contributed by atoms with van der Waals surface area (Å²) in [5.74, 6) is 1.42. The van der Waals surface area contributed by atoms with Crippen molar-refractivity contribution in [2.75, 3.05) is 20.2 Å². The number of hydrogen-bond acceptors (Lipinski definition) is 4. The number of nitrogens with zero attached hydrogens (tertiary/aromatic N) is 1. The highest BCUT2D eigenvalue weighted by atomic mass is 16.5. The molecule has 3 N–H and O–H groups in total. The highest BCUT2D eigenvalue weighted by Gasteiger charge is 2.29. The van der Waals surface area contributed by atoms with Crippen molar-refractivity contribution in [1.82, 2.24) is 4.90 Å². The largest absolute Gasteiger partial charge is 0.504 e. The molecule has 1 aromatic rings. The quantitative estimate of drug-likeness (QED) is 0.838. The summed E-state index contributed by atoms with van der Waals surface area (Å²) >= 11 is 0. The van der Waals surface area contributed by atoms with E-state index in [4.69, 9.17) is 10.5 Å². The van der Waals surface area contributed by atoms with Crippen LogP contribution in [0.15, 0.2) is 18.2 Å². The van der Waals surface area contributed by atoms with Gasteiger partial charge in [0, 0.05) is 18.2 Å². The van der Waals surface area contributed by atoms with Crippen LogP contribution in [0.5, 0.6) is 11.5 Å². The fourth-order valence-electron chi connectivity index (χ4n) is 3.23. The Morgan fingerprint density at radius 2 is 2.20 bits per heavy atom. The van der Waals surface area contributed by atoms with Crippen molar-refractivity contribution in [1.29, 1.82) is 0 Å². The molecule has 2 rings (SSSR count). The molecule has 1 aliphatic rings. The zero-order chi connectivity index (χ0) is 14.5. The first-order chi connectivity index (χ1) is 9.67. The van der Waals surface area contributed by atoms with Gasteiger partial charge in [0.15, 0.2) is 11.5 Å². The molecule has 1 saturated carbocycles. The SMILES string of the molecule is CCOc1cccc(CN(C)C2CCCC2CN)c1O. The van der Waals surface area contributed by atoms with Gasteiger partial charge in [0.25, 0.3) is 0 Å². The molecule has 4 nitrogen and oxygen atoms in total. The average Bonchev–Trinajstić information content (AvgIpc) is 2.92. The number of ether oxygens (including phenoxy) is 1. The van der Waals surface area contributed by atoms with E-state index < -0.39 is 0 Å². The molecule has 0 saturated heterocycles. The minimum absolute atomic E-state index is 0.267. The maximum absolute atomic E-state index is 10.3. The molecule has 0 spiro atoms. The normalized spacial score (nSPS) is 22.4. The first-order valence-corrected chi connectivity index (χ1v) is 7.51. The Bertz CT molecular complexity index is 436. The monoisotopic (exact) mass is 278 g/mol. The first-order valence-electron chi connectivity index (χ1n) is 7.51. The Morgan fingerprint density at radius 3 is 2.90 bits per heavy atom. The second-order valence-electron chi connectivity index (χ2n) is 5.61. The van der Waals surface area contributed by atoms with Gasteiger partial charge in [-0.25, -0.2) is 0 Å². The summed E-state index contributed by atoms with van der Waals surface area (Å²) in [5, 5.41) is 10.3. The van der Waals surface area contributed by atoms with Crippen LogP contribution in [0.3, 0.4) is 0 Å². The molecule has 0 aliphatic heterocycles. The minimum atomic E-state index is 0.267. The zero-order valence-electron chi connectivity index (χ0n) is 12.5. The molecule has 2 atom stereocenters. The number of para-hydroxylation sites is 1. The van der Waals surface area contributed by atoms with Crippen LogP contribution in [0.1, 0.15) is 31.7 Å². The van der Waals surface area contributed by atoms with Gasteiger partial charge < -0.3 is 15.6 Å². The van der Waals surface area contributed by atoms with Gasteiger partial charge in [0.05, 0.1) is 6.61 Å². The number of rotatable bonds is 6. The first kappa shape index (κ1) is 15.1. The van der Waals surface area contributed by atoms with E-state index in [1.165, 1.54) is 19.3 Å². The third kappa shape index (κ3) is 3.25. The Kier molecular flexibility index (Phi) is 5.26. The third-order valence-electron chi connectivity index (χ3n) is 4.29. The molecule has 0 bridgehead atoms. The number of nitrogens with two attached hydrogens (primary N) is 1. The minimum Gasteiger partial charge on any atom is -0.504 e. The van der Waals surface area contributed by atoms with Crippen LogP contribution in [-0.4, -0.2) is 36.2 Å². The lowest BCUT2D eigenvalue weighted by Gasteiger charge is -2.29. The molecule has 0 heterocycles. The summed E-state index contributed by atoms with van der Waals surface area (Å²) in [7, 11) is 2.12. The van der Waals surface area contributed by atoms with Crippen LogP contribution < -0.4 is 10.5 Å². The number of aromatic hydroxyl groups is 1. The topological polar surface area (TPSA) is 58.7 Å². The number of phenols is 1. The van der Waals surface area contributed by atoms with Gasteiger partial charge in [0.2, 0.25) is 0 Å². The predicted octanol–water partition coefficient (Wildman–Crippen LogP) is 2.35. The Labute approximate surface area is 121 Å². The van der Waals surface area contributed by atoms with Gasteiger partial charge >= 0.3 is 0 Å². The summed E-state index contributed by atoms with van der Waals surface area (Å²) in [4.78, 5) is 2.31. The summed E-state index contributed by atoms with van der Waals surface area (Å²) < 4.78 is 5.44. The predicted molar refractivity (Wildman–Crippen MR) is 80.9 cm³/mol. The molecule has 1 fully saturated rings. The highest BCUT2D eigenvalue weighted by Crippen LogP contribution is 2.33. The molecule has 0 aromatic heterocycles. The van der Waals surface area contributed by atoms with E-state index in [1.807, 2.05) is 19.1 Å². The summed E-state index contributed by atoms with van der Waals surface area (Å²) in [6.07, 6.45) is 3.67. The van der Waals surface area contributed by atoms with Crippen molar-refractivity contribution in [3.05, 3.63) is 23.8 Å². The third-order valence-corrected chi connectivity index (χ3v) is 4.29. The van der Waals surface area contributed by atoms with Crippen molar-refractivity contribution >= 4 is 0 Å². The Hall–Kier alpha value is -1.26. The molecule has 112 valence electrons. The number of benzene rings is 1. The molecule has 1 aromatic carbocycles. The lowest BCUT2D eigenvalue weighted by Crippen LogP contribution is -2.37. The van der Waals surface area contributed by atoms with Crippen molar-refractivity contribution in [3.63, 3.8) is 0 Å². The van der Waals surface area contributed by atoms with Crippen LogP contribution >= 0.6 is 0 Å². The maximum atomic E-state index is 10.3. The van der Waals surface area contributed by atoms with E-state index in [-0.39, 0.29) is 5.75 Å². The molecule has 4 heteroatoms. The fourth-order valence-corrected chi connectivity index (χ4v) is 3.23. The van der Waals surface area contributed by atoms with Gasteiger partial charge in [-0.2, -0.15) is 0 Å². The number of phenolic OH excluding ortho intramolecular Hbond substituents is 1. The zero-order valence-corrected chi connectivity index (χ0v) is 12.5. The average molecular weight is 278 g/mol. The van der Waals surface area contributed by atoms with E-state index in [2.05, 4.69) is 11.9 Å². The lowest BCUT2D eigenvalue weighted by atomic mass is 10.0. The molecule has 0 amide bonds. The van der Waals surface area contributed by atoms with E-state index in [1.54, 1.807) is 6.07 Å². The maximum Gasteiger partial charge on any atom is 0.162 e. The summed E-state index contributed by atoms with van der Waals surface area (Å²) in [6.45, 7) is 3.96. The van der Waals surface area contributed by atoms with Gasteiger partial charge in [-0.05, 0) is 45.3 Å². The molecule has 20 heavy (non-hydrogen) atoms. The van der Waals surface area contributed by atoms with Gasteiger partial charge in [0.1, 0.15) is 0 Å². The van der Waals surface area contributed by atoms with Crippen molar-refractivity contribution < 1.29 is 9.84 Å². The van der Waals surface area contributed by atoms with Gasteiger partial charge in [-0.15, -0.1) is 0 Å². The van der Waals surface area contributed by atoms with Crippen LogP contribution in [-0.2, 0) is 6.54 Å². The van der Waals surface area contributed by atoms with Crippen LogP contribution in [0, 0.1) is 5.92 Å². The van der Waals surface area contributed by atoms with Crippen molar-refractivity contribution in [2.45, 2.75) is 38.8 Å². The van der Waals surface area contributed by atoms with Crippen LogP contribution in [0.2, 0.25) is 0 Å². The van der Waals surface area contributed by atoms with E-state index in [0.717, 1.165) is 18.7 Å². The second kappa shape index (κ2) is 6.95. The van der Waals surface area contributed by atoms with Crippen molar-refractivity contribution in [2.24, 2.45) is 11.7 Å². The standard InChI is InChI=1S/C16H26N2O2/c1-3-20-15-9-5-7-13(16(15)19)11-18(2)14-8-4-6-12(14)10-17/h5,7,9,12,14,19H,3-4,6,8,10-11,17H2,1-2H3. The Morgan fingerprint density at radius 1 is 1.40 bits per heavy atom. The smallest absolute Gasteiger partial charge is 0.162 e. The van der Waals surface area contributed by atoms with Crippen molar-refractivity contribution in [3.8, 4) is 11.5 Å². The summed E-state index contributed by atoms with van der Waals surface area (Å²) in [6, 6.07) is 6.22.